The highest BCUT2D eigenvalue weighted by atomic mass is 35.5. The monoisotopic (exact) mass is 1440 g/mol. The van der Waals surface area contributed by atoms with E-state index < -0.39 is 51.1 Å². The number of carbonyl (C=O) groups is 1. The Morgan fingerprint density at radius 2 is 0.765 bits per heavy atom. The number of aromatic carboxylic acids is 1. The van der Waals surface area contributed by atoms with Crippen LogP contribution in [0.4, 0.5) is 0 Å². The number of nitrogens with one attached hydrogen (secondary N) is 3. The van der Waals surface area contributed by atoms with E-state index in [2.05, 4.69) is 20.3 Å². The number of H-pyrrole nitrogens is 3. The number of aromatic nitrogens is 12. The number of ether oxygens (including phenoxy) is 3. The topological polar surface area (TPSA) is 358 Å². The van der Waals surface area contributed by atoms with Crippen LogP contribution in [0.15, 0.2) is 232 Å². The lowest BCUT2D eigenvalue weighted by Crippen LogP contribution is -2.35. The summed E-state index contributed by atoms with van der Waals surface area (Å²) < 4.78 is 24.3. The molecule has 12 rings (SSSR count). The third kappa shape index (κ3) is 16.8. The van der Waals surface area contributed by atoms with E-state index in [1.807, 2.05) is 101 Å². The molecule has 0 aliphatic carbocycles. The van der Waals surface area contributed by atoms with Gasteiger partial charge >= 0.3 is 23.0 Å². The number of hydrogen-bond donors (Lipinski definition) is 4. The van der Waals surface area contributed by atoms with Crippen molar-refractivity contribution >= 4 is 75.6 Å². The number of benzene rings is 6. The maximum Gasteiger partial charge on any atom is 0.362 e. The summed E-state index contributed by atoms with van der Waals surface area (Å²) in [6.45, 7) is 1.04. The van der Waals surface area contributed by atoms with E-state index in [1.54, 1.807) is 12.3 Å². The molecule has 0 bridgehead atoms. The number of halogens is 6. The van der Waals surface area contributed by atoms with Crippen molar-refractivity contribution in [3.63, 3.8) is 0 Å². The minimum Gasteiger partial charge on any atom is -0.476 e. The maximum absolute atomic E-state index is 12.2. The molecule has 0 spiro atoms. The maximum atomic E-state index is 12.2. The second-order valence-corrected chi connectivity index (χ2v) is 22.7. The number of carboxylic acids is 1. The van der Waals surface area contributed by atoms with Gasteiger partial charge in [-0.25, -0.2) is 19.2 Å². The van der Waals surface area contributed by atoms with E-state index in [4.69, 9.17) is 94.2 Å². The highest BCUT2D eigenvalue weighted by Gasteiger charge is 2.21. The Morgan fingerprint density at radius 1 is 0.439 bits per heavy atom. The fourth-order valence-electron chi connectivity index (χ4n) is 8.97. The molecule has 0 fully saturated rings. The second-order valence-electron chi connectivity index (χ2n) is 20.3. The van der Waals surface area contributed by atoms with E-state index in [1.165, 1.54) is 98.9 Å². The molecule has 98 heavy (non-hydrogen) atoms. The molecule has 12 aromatic rings. The third-order valence-electron chi connectivity index (χ3n) is 13.5. The van der Waals surface area contributed by atoms with Crippen molar-refractivity contribution in [1.29, 1.82) is 5.26 Å². The summed E-state index contributed by atoms with van der Waals surface area (Å²) in [4.78, 5) is 124. The summed E-state index contributed by atoms with van der Waals surface area (Å²) in [5.41, 5.74) is -4.09. The lowest BCUT2D eigenvalue weighted by molar-refractivity contribution is 0.0685. The van der Waals surface area contributed by atoms with Crippen LogP contribution < -0.4 is 64.6 Å². The summed E-state index contributed by atoms with van der Waals surface area (Å²) in [7, 11) is 0. The number of aromatic amines is 3. The summed E-state index contributed by atoms with van der Waals surface area (Å²) in [5.74, 6) is -0.399. The molecular weight excluding hydrogens is 1400 g/mol. The molecule has 0 atom stereocenters. The van der Waals surface area contributed by atoms with Crippen molar-refractivity contribution in [1.82, 2.24) is 58.0 Å². The zero-order valence-electron chi connectivity index (χ0n) is 49.5. The first kappa shape index (κ1) is 68.9. The standard InChI is InChI=1S/C22H13Cl2N5O4.C22H14Cl2N4O6.C21H14Cl2N4O4/c23-16-8-14(29-22(32)26-21(31)18(10-25)27-29)9-17(24)20(16)33-15-6-7-19(30)28(12-15)11-13-4-2-1-3-5-13;23-15-8-13(28-22(33)25-20(30)18(26-28)21(31)32)9-16(24)19(15)34-14-6-7-17(29)27(11-14)10-12-4-2-1-3-5-12;22-16-8-14(27-21(30)25-18(28)10-24-27)9-17(23)20(16)31-15-6-7-19(29)26(12-15)11-13-4-2-1-3-5-13/h1-9,12H,11H2,(H,26,31,32);1-9,11H,10H2,(H,31,32)(H,25,30,33);1-10,12H,11H2,(H,25,28,30). The van der Waals surface area contributed by atoms with Crippen molar-refractivity contribution in [2.24, 2.45) is 0 Å². The second kappa shape index (κ2) is 30.7. The molecule has 0 aliphatic heterocycles. The number of carboxylic acid groups (broad SMARTS) is 1. The van der Waals surface area contributed by atoms with Gasteiger partial charge in [0.15, 0.2) is 17.2 Å². The third-order valence-corrected chi connectivity index (χ3v) is 15.2. The van der Waals surface area contributed by atoms with E-state index in [0.29, 0.717) is 35.8 Å². The van der Waals surface area contributed by atoms with Crippen LogP contribution in [0.1, 0.15) is 32.9 Å². The highest BCUT2D eigenvalue weighted by Crippen LogP contribution is 2.40. The minimum absolute atomic E-state index is 0.000137. The van der Waals surface area contributed by atoms with Crippen LogP contribution in [0.2, 0.25) is 30.1 Å². The Hall–Kier alpha value is -11.9. The molecule has 33 heteroatoms. The van der Waals surface area contributed by atoms with Gasteiger partial charge in [-0.1, -0.05) is 161 Å². The molecule has 492 valence electrons. The highest BCUT2D eigenvalue weighted by molar-refractivity contribution is 6.38. The molecule has 0 amide bonds. The van der Waals surface area contributed by atoms with Gasteiger partial charge in [0.25, 0.3) is 33.4 Å². The van der Waals surface area contributed by atoms with E-state index in [-0.39, 0.29) is 86.9 Å². The van der Waals surface area contributed by atoms with Crippen molar-refractivity contribution in [2.75, 3.05) is 0 Å². The van der Waals surface area contributed by atoms with Crippen LogP contribution in [-0.2, 0) is 19.6 Å². The van der Waals surface area contributed by atoms with Gasteiger partial charge in [0.05, 0.1) is 85.4 Å². The largest absolute Gasteiger partial charge is 0.476 e. The van der Waals surface area contributed by atoms with Gasteiger partial charge in [-0.15, -0.1) is 5.10 Å². The van der Waals surface area contributed by atoms with Gasteiger partial charge in [-0.2, -0.15) is 29.5 Å². The van der Waals surface area contributed by atoms with Crippen molar-refractivity contribution in [3.05, 3.63) is 340 Å². The Kier molecular flexibility index (Phi) is 21.6. The summed E-state index contributed by atoms with van der Waals surface area (Å²) in [6.07, 6.45) is 5.56. The van der Waals surface area contributed by atoms with Gasteiger partial charge in [0.1, 0.15) is 29.5 Å². The van der Waals surface area contributed by atoms with E-state index in [9.17, 15) is 47.9 Å². The molecule has 0 unspecified atom stereocenters. The lowest BCUT2D eigenvalue weighted by Gasteiger charge is -2.13. The van der Waals surface area contributed by atoms with E-state index in [0.717, 1.165) is 32.3 Å². The van der Waals surface area contributed by atoms with Crippen LogP contribution in [-0.4, -0.2) is 69.1 Å². The quantitative estimate of drug-likeness (QED) is 0.0699. The first-order chi connectivity index (χ1) is 47.0. The van der Waals surface area contributed by atoms with Crippen molar-refractivity contribution < 1.29 is 24.1 Å². The van der Waals surface area contributed by atoms with Crippen molar-refractivity contribution in [3.8, 4) is 57.6 Å². The zero-order valence-corrected chi connectivity index (χ0v) is 54.0. The molecule has 0 saturated carbocycles. The normalized spacial score (nSPS) is 10.7. The fourth-order valence-corrected chi connectivity index (χ4v) is 10.6. The van der Waals surface area contributed by atoms with Crippen LogP contribution in [0, 0.1) is 11.3 Å². The van der Waals surface area contributed by atoms with E-state index >= 15 is 0 Å². The molecule has 6 aromatic carbocycles. The van der Waals surface area contributed by atoms with Gasteiger partial charge in [-0.05, 0) is 71.3 Å². The number of hydrogen-bond acceptors (Lipinski definition) is 17. The molecule has 6 aromatic heterocycles. The number of nitrogens with zero attached hydrogens (tertiary/aromatic N) is 10. The van der Waals surface area contributed by atoms with Gasteiger partial charge in [0, 0.05) is 18.2 Å². The summed E-state index contributed by atoms with van der Waals surface area (Å²) in [6, 6.07) is 46.5. The zero-order chi connectivity index (χ0) is 69.9. The van der Waals surface area contributed by atoms with Crippen LogP contribution in [0.25, 0.3) is 17.1 Å². The number of nitriles is 1. The average molecular weight is 1440 g/mol. The number of pyridine rings is 3. The van der Waals surface area contributed by atoms with Crippen LogP contribution >= 0.6 is 69.6 Å². The summed E-state index contributed by atoms with van der Waals surface area (Å²) in [5, 5.41) is 29.4. The first-order valence-corrected chi connectivity index (χ1v) is 30.3. The molecule has 0 radical (unpaired) electrons. The molecule has 27 nitrogen and oxygen atoms in total. The molecule has 0 saturated heterocycles. The molecule has 6 heterocycles. The van der Waals surface area contributed by atoms with Gasteiger partial charge in [0.2, 0.25) is 11.4 Å². The van der Waals surface area contributed by atoms with Crippen molar-refractivity contribution in [2.45, 2.75) is 19.6 Å². The Labute approximate surface area is 577 Å². The van der Waals surface area contributed by atoms with Gasteiger partial charge < -0.3 is 33.0 Å². The Balaban J connectivity index is 0.000000159. The van der Waals surface area contributed by atoms with Gasteiger partial charge in [-0.3, -0.25) is 43.7 Å². The number of rotatable bonds is 16. The predicted molar refractivity (Wildman–Crippen MR) is 362 cm³/mol. The fraction of sp³-hybridized carbons (Fsp3) is 0.0462. The Morgan fingerprint density at radius 3 is 1.10 bits per heavy atom. The molecule has 4 N–H and O–H groups in total. The van der Waals surface area contributed by atoms with Crippen LogP contribution in [0.5, 0.6) is 34.5 Å². The van der Waals surface area contributed by atoms with Crippen LogP contribution in [0.3, 0.4) is 0 Å². The summed E-state index contributed by atoms with van der Waals surface area (Å²) >= 11 is 37.9. The smallest absolute Gasteiger partial charge is 0.362 e. The first-order valence-electron chi connectivity index (χ1n) is 28.0. The Bertz CT molecular complexity index is 5610. The molecular formula is C65H41Cl6N13O14. The molecule has 0 aliphatic rings. The predicted octanol–water partition coefficient (Wildman–Crippen LogP) is 9.26. The average Bonchev–Trinajstić information content (AvgIpc) is 0.805. The SMILES string of the molecule is N#Cc1nn(-c2cc(Cl)c(Oc3ccc(=O)n(Cc4ccccc4)c3)c(Cl)c2)c(=O)[nH]c1=O.O=C(O)c1nn(-c2cc(Cl)c(Oc3ccc(=O)n(Cc4ccccc4)c3)c(Cl)c2)c(=O)[nH]c1=O.O=c1cnn(-c2cc(Cl)c(Oc3ccc(=O)n(Cc4ccccc4)c3)c(Cl)c2)c(=O)[nH]1. The lowest BCUT2D eigenvalue weighted by atomic mass is 10.2. The minimum atomic E-state index is -1.61.